The molecule has 0 saturated heterocycles. The SMILES string of the molecule is Cc1cc(C)cc(NC(=O)c2cc(NCC(C)C)ncn2)c1. The van der Waals surface area contributed by atoms with Crippen molar-refractivity contribution in [2.45, 2.75) is 27.7 Å². The second kappa shape index (κ2) is 7.02. The van der Waals surface area contributed by atoms with E-state index in [0.29, 0.717) is 17.4 Å². The number of carbonyl (C=O) groups is 1. The molecule has 0 bridgehead atoms. The number of nitrogens with zero attached hydrogens (tertiary/aromatic N) is 2. The number of carbonyl (C=O) groups excluding carboxylic acids is 1. The van der Waals surface area contributed by atoms with Gasteiger partial charge in [0.25, 0.3) is 5.91 Å². The van der Waals surface area contributed by atoms with E-state index >= 15 is 0 Å². The lowest BCUT2D eigenvalue weighted by Crippen LogP contribution is -2.15. The van der Waals surface area contributed by atoms with Crippen LogP contribution >= 0.6 is 0 Å². The van der Waals surface area contributed by atoms with Crippen LogP contribution in [-0.4, -0.2) is 22.4 Å². The summed E-state index contributed by atoms with van der Waals surface area (Å²) in [5, 5.41) is 6.07. The van der Waals surface area contributed by atoms with Crippen LogP contribution in [0.4, 0.5) is 11.5 Å². The molecule has 0 spiro atoms. The van der Waals surface area contributed by atoms with Crippen molar-refractivity contribution in [3.8, 4) is 0 Å². The maximum atomic E-state index is 12.3. The molecule has 0 fully saturated rings. The number of hydrogen-bond acceptors (Lipinski definition) is 4. The molecule has 2 N–H and O–H groups in total. The highest BCUT2D eigenvalue weighted by Crippen LogP contribution is 2.15. The molecular weight excluding hydrogens is 276 g/mol. The fourth-order valence-electron chi connectivity index (χ4n) is 2.13. The highest BCUT2D eigenvalue weighted by atomic mass is 16.1. The number of aromatic nitrogens is 2. The zero-order valence-corrected chi connectivity index (χ0v) is 13.5. The predicted molar refractivity (Wildman–Crippen MR) is 89.2 cm³/mol. The first-order valence-corrected chi connectivity index (χ1v) is 7.39. The third-order valence-corrected chi connectivity index (χ3v) is 3.07. The predicted octanol–water partition coefficient (Wildman–Crippen LogP) is 3.41. The van der Waals surface area contributed by atoms with Crippen molar-refractivity contribution in [1.82, 2.24) is 9.97 Å². The van der Waals surface area contributed by atoms with Crippen molar-refractivity contribution >= 4 is 17.4 Å². The van der Waals surface area contributed by atoms with E-state index in [-0.39, 0.29) is 5.91 Å². The van der Waals surface area contributed by atoms with Crippen LogP contribution in [0, 0.1) is 19.8 Å². The molecule has 0 atom stereocenters. The van der Waals surface area contributed by atoms with Crippen molar-refractivity contribution in [2.24, 2.45) is 5.92 Å². The quantitative estimate of drug-likeness (QED) is 0.887. The van der Waals surface area contributed by atoms with Crippen LogP contribution in [0.15, 0.2) is 30.6 Å². The third kappa shape index (κ3) is 4.55. The van der Waals surface area contributed by atoms with Crippen molar-refractivity contribution in [3.05, 3.63) is 47.4 Å². The Bertz CT molecular complexity index is 647. The Morgan fingerprint density at radius 3 is 2.41 bits per heavy atom. The van der Waals surface area contributed by atoms with Crippen molar-refractivity contribution in [3.63, 3.8) is 0 Å². The van der Waals surface area contributed by atoms with E-state index in [0.717, 1.165) is 23.4 Å². The van der Waals surface area contributed by atoms with Crippen LogP contribution in [0.25, 0.3) is 0 Å². The normalized spacial score (nSPS) is 10.6. The first kappa shape index (κ1) is 15.9. The average molecular weight is 298 g/mol. The molecule has 5 heteroatoms. The summed E-state index contributed by atoms with van der Waals surface area (Å²) in [7, 11) is 0. The van der Waals surface area contributed by atoms with E-state index in [1.165, 1.54) is 6.33 Å². The minimum atomic E-state index is -0.236. The van der Waals surface area contributed by atoms with Crippen LogP contribution in [-0.2, 0) is 0 Å². The lowest BCUT2D eigenvalue weighted by molar-refractivity contribution is 0.102. The average Bonchev–Trinajstić information content (AvgIpc) is 2.44. The number of hydrogen-bond donors (Lipinski definition) is 2. The fourth-order valence-corrected chi connectivity index (χ4v) is 2.13. The second-order valence-electron chi connectivity index (χ2n) is 5.89. The van der Waals surface area contributed by atoms with Crippen molar-refractivity contribution in [2.75, 3.05) is 17.2 Å². The zero-order valence-electron chi connectivity index (χ0n) is 13.5. The summed E-state index contributed by atoms with van der Waals surface area (Å²) in [6.07, 6.45) is 1.40. The summed E-state index contributed by atoms with van der Waals surface area (Å²) in [4.78, 5) is 20.5. The van der Waals surface area contributed by atoms with E-state index < -0.39 is 0 Å². The van der Waals surface area contributed by atoms with E-state index in [1.807, 2.05) is 26.0 Å². The number of benzene rings is 1. The van der Waals surface area contributed by atoms with Gasteiger partial charge in [-0.1, -0.05) is 19.9 Å². The van der Waals surface area contributed by atoms with Gasteiger partial charge in [-0.15, -0.1) is 0 Å². The summed E-state index contributed by atoms with van der Waals surface area (Å²) in [5.41, 5.74) is 3.34. The number of nitrogens with one attached hydrogen (secondary N) is 2. The number of anilines is 2. The highest BCUT2D eigenvalue weighted by molar-refractivity contribution is 6.03. The summed E-state index contributed by atoms with van der Waals surface area (Å²) in [6, 6.07) is 7.60. The van der Waals surface area contributed by atoms with E-state index in [4.69, 9.17) is 0 Å². The van der Waals surface area contributed by atoms with Gasteiger partial charge in [-0.3, -0.25) is 4.79 Å². The van der Waals surface area contributed by atoms with Gasteiger partial charge in [0.1, 0.15) is 17.8 Å². The lowest BCUT2D eigenvalue weighted by Gasteiger charge is -2.10. The summed E-state index contributed by atoms with van der Waals surface area (Å²) < 4.78 is 0. The minimum Gasteiger partial charge on any atom is -0.370 e. The first-order chi connectivity index (χ1) is 10.4. The van der Waals surface area contributed by atoms with Gasteiger partial charge in [-0.25, -0.2) is 9.97 Å². The largest absolute Gasteiger partial charge is 0.370 e. The molecule has 2 aromatic rings. The van der Waals surface area contributed by atoms with Gasteiger partial charge in [0.15, 0.2) is 0 Å². The lowest BCUT2D eigenvalue weighted by atomic mass is 10.1. The van der Waals surface area contributed by atoms with Crippen LogP contribution in [0.5, 0.6) is 0 Å². The smallest absolute Gasteiger partial charge is 0.274 e. The number of amides is 1. The number of rotatable bonds is 5. The Hall–Kier alpha value is -2.43. The Labute approximate surface area is 131 Å². The molecule has 0 aliphatic carbocycles. The maximum absolute atomic E-state index is 12.3. The molecule has 1 aromatic heterocycles. The Kier molecular flexibility index (Phi) is 5.09. The number of aryl methyl sites for hydroxylation is 2. The van der Waals surface area contributed by atoms with Gasteiger partial charge in [-0.05, 0) is 43.0 Å². The Balaban J connectivity index is 2.10. The van der Waals surface area contributed by atoms with Gasteiger partial charge in [0.2, 0.25) is 0 Å². The van der Waals surface area contributed by atoms with Crippen LogP contribution in [0.3, 0.4) is 0 Å². The van der Waals surface area contributed by atoms with Crippen LogP contribution in [0.1, 0.15) is 35.5 Å². The monoisotopic (exact) mass is 298 g/mol. The first-order valence-electron chi connectivity index (χ1n) is 7.39. The standard InChI is InChI=1S/C17H22N4O/c1-11(2)9-18-16-8-15(19-10-20-16)17(22)21-14-6-12(3)5-13(4)7-14/h5-8,10-11H,9H2,1-4H3,(H,21,22)(H,18,19,20). The second-order valence-corrected chi connectivity index (χ2v) is 5.89. The summed E-state index contributed by atoms with van der Waals surface area (Å²) in [5.74, 6) is 0.928. The molecule has 1 aromatic carbocycles. The third-order valence-electron chi connectivity index (χ3n) is 3.07. The maximum Gasteiger partial charge on any atom is 0.274 e. The topological polar surface area (TPSA) is 66.9 Å². The molecular formula is C17H22N4O. The molecule has 0 saturated carbocycles. The van der Waals surface area contributed by atoms with Gasteiger partial charge in [-0.2, -0.15) is 0 Å². The van der Waals surface area contributed by atoms with Crippen molar-refractivity contribution < 1.29 is 4.79 Å². The minimum absolute atomic E-state index is 0.236. The molecule has 22 heavy (non-hydrogen) atoms. The van der Waals surface area contributed by atoms with Crippen molar-refractivity contribution in [1.29, 1.82) is 0 Å². The Morgan fingerprint density at radius 1 is 1.09 bits per heavy atom. The zero-order chi connectivity index (χ0) is 16.1. The fraction of sp³-hybridized carbons (Fsp3) is 0.353. The molecule has 1 amide bonds. The Morgan fingerprint density at radius 2 is 1.77 bits per heavy atom. The molecule has 1 heterocycles. The molecule has 116 valence electrons. The van der Waals surface area contributed by atoms with Gasteiger partial charge in [0, 0.05) is 18.3 Å². The highest BCUT2D eigenvalue weighted by Gasteiger charge is 2.10. The molecule has 2 rings (SSSR count). The van der Waals surface area contributed by atoms with E-state index in [2.05, 4.69) is 40.5 Å². The molecule has 0 unspecified atom stereocenters. The van der Waals surface area contributed by atoms with Gasteiger partial charge in [0.05, 0.1) is 0 Å². The molecule has 0 aliphatic rings. The van der Waals surface area contributed by atoms with E-state index in [1.54, 1.807) is 6.07 Å². The summed E-state index contributed by atoms with van der Waals surface area (Å²) >= 11 is 0. The van der Waals surface area contributed by atoms with Crippen LogP contribution < -0.4 is 10.6 Å². The summed E-state index contributed by atoms with van der Waals surface area (Å²) in [6.45, 7) is 9.03. The van der Waals surface area contributed by atoms with Gasteiger partial charge >= 0.3 is 0 Å². The van der Waals surface area contributed by atoms with E-state index in [9.17, 15) is 4.79 Å². The molecule has 0 aliphatic heterocycles. The van der Waals surface area contributed by atoms with Gasteiger partial charge < -0.3 is 10.6 Å². The molecule has 5 nitrogen and oxygen atoms in total. The molecule has 0 radical (unpaired) electrons. The van der Waals surface area contributed by atoms with Crippen LogP contribution in [0.2, 0.25) is 0 Å².